The molecule has 0 rings (SSSR count). The van der Waals surface area contributed by atoms with E-state index in [1.54, 1.807) is 6.92 Å². The van der Waals surface area contributed by atoms with Crippen LogP contribution in [0.4, 0.5) is 0 Å². The molecule has 0 saturated carbocycles. The molecular formula is C11H23NO. The van der Waals surface area contributed by atoms with Crippen LogP contribution in [0.15, 0.2) is 12.7 Å². The lowest BCUT2D eigenvalue weighted by atomic mass is 9.92. The Bertz CT molecular complexity index is 154. The highest BCUT2D eigenvalue weighted by molar-refractivity contribution is 5.85. The van der Waals surface area contributed by atoms with Crippen LogP contribution < -0.4 is 5.32 Å². The molecule has 0 aliphatic rings. The van der Waals surface area contributed by atoms with Gasteiger partial charge >= 0.3 is 0 Å². The largest absolute Gasteiger partial charge is 0.308 e. The minimum atomic E-state index is -0.367. The normalized spacial score (nSPS) is 13.6. The number of hydrogen-bond acceptors (Lipinski definition) is 2. The number of carbonyl (C=O) groups excluding carboxylic acids is 1. The molecule has 0 aliphatic carbocycles. The van der Waals surface area contributed by atoms with E-state index in [1.165, 1.54) is 0 Å². The zero-order valence-corrected chi connectivity index (χ0v) is 9.61. The number of hydrogen-bond donors (Lipinski definition) is 1. The first-order valence-corrected chi connectivity index (χ1v) is 4.87. The molecule has 0 aromatic heterocycles. The van der Waals surface area contributed by atoms with Gasteiger partial charge in [-0.3, -0.25) is 4.79 Å². The van der Waals surface area contributed by atoms with Crippen LogP contribution in [-0.2, 0) is 4.79 Å². The summed E-state index contributed by atoms with van der Waals surface area (Å²) in [4.78, 5) is 11.1. The summed E-state index contributed by atoms with van der Waals surface area (Å²) in [6.07, 6.45) is 3.53. The van der Waals surface area contributed by atoms with Crippen molar-refractivity contribution >= 4 is 5.78 Å². The summed E-state index contributed by atoms with van der Waals surface area (Å²) >= 11 is 0. The molecule has 0 aromatic rings. The first-order chi connectivity index (χ1) is 6.06. The predicted molar refractivity (Wildman–Crippen MR) is 58.9 cm³/mol. The van der Waals surface area contributed by atoms with Gasteiger partial charge in [0.1, 0.15) is 5.78 Å². The highest BCUT2D eigenvalue weighted by atomic mass is 16.1. The van der Waals surface area contributed by atoms with Gasteiger partial charge in [0.25, 0.3) is 0 Å². The van der Waals surface area contributed by atoms with Crippen LogP contribution >= 0.6 is 0 Å². The van der Waals surface area contributed by atoms with Gasteiger partial charge in [0.2, 0.25) is 0 Å². The number of Topliss-reactive ketones (excluding diaryl/α,β-unsaturated/α-hetero) is 1. The molecule has 1 unspecified atom stereocenters. The zero-order chi connectivity index (χ0) is 10.9. The Balaban J connectivity index is 0. The van der Waals surface area contributed by atoms with E-state index in [9.17, 15) is 4.79 Å². The molecule has 1 N–H and O–H groups in total. The number of rotatable bonds is 5. The minimum Gasteiger partial charge on any atom is -0.308 e. The fraction of sp³-hybridized carbons (Fsp3) is 0.727. The standard InChI is InChI=1S/C9H17NO.C2H6/c1-5-6-7-9(3,10-4)8(2)11;1-2/h5,10H,1,6-7H2,2-4H3;1-2H3. The van der Waals surface area contributed by atoms with Gasteiger partial charge in [0.15, 0.2) is 0 Å². The Kier molecular flexibility index (Phi) is 9.14. The first kappa shape index (κ1) is 14.9. The van der Waals surface area contributed by atoms with Gasteiger partial charge < -0.3 is 5.32 Å². The molecule has 0 fully saturated rings. The maximum atomic E-state index is 11.1. The molecule has 0 aromatic carbocycles. The SMILES string of the molecule is C=CCCC(C)(NC)C(C)=O.CC. The number of likely N-dealkylation sites (N-methyl/N-ethyl adjacent to an activating group) is 1. The summed E-state index contributed by atoms with van der Waals surface area (Å²) in [6, 6.07) is 0. The van der Waals surface area contributed by atoms with E-state index in [4.69, 9.17) is 0 Å². The Morgan fingerprint density at radius 3 is 2.23 bits per heavy atom. The van der Waals surface area contributed by atoms with Gasteiger partial charge in [-0.25, -0.2) is 0 Å². The average Bonchev–Trinajstić information content (AvgIpc) is 2.17. The Hall–Kier alpha value is -0.630. The lowest BCUT2D eigenvalue weighted by molar-refractivity contribution is -0.122. The smallest absolute Gasteiger partial charge is 0.149 e. The van der Waals surface area contributed by atoms with Crippen LogP contribution in [0.5, 0.6) is 0 Å². The topological polar surface area (TPSA) is 29.1 Å². The van der Waals surface area contributed by atoms with Gasteiger partial charge in [-0.05, 0) is 33.7 Å². The van der Waals surface area contributed by atoms with Crippen molar-refractivity contribution in [2.24, 2.45) is 0 Å². The molecular weight excluding hydrogens is 162 g/mol. The summed E-state index contributed by atoms with van der Waals surface area (Å²) in [5, 5.41) is 3.02. The highest BCUT2D eigenvalue weighted by Gasteiger charge is 2.25. The van der Waals surface area contributed by atoms with Crippen molar-refractivity contribution in [3.05, 3.63) is 12.7 Å². The van der Waals surface area contributed by atoms with E-state index in [0.29, 0.717) is 0 Å². The van der Waals surface area contributed by atoms with Crippen LogP contribution in [0.25, 0.3) is 0 Å². The number of allylic oxidation sites excluding steroid dienone is 1. The van der Waals surface area contributed by atoms with E-state index in [1.807, 2.05) is 33.9 Å². The third kappa shape index (κ3) is 5.58. The zero-order valence-electron chi connectivity index (χ0n) is 9.61. The molecule has 0 bridgehead atoms. The lowest BCUT2D eigenvalue weighted by Crippen LogP contribution is -2.46. The number of nitrogens with one attached hydrogen (secondary N) is 1. The highest BCUT2D eigenvalue weighted by Crippen LogP contribution is 2.12. The van der Waals surface area contributed by atoms with E-state index < -0.39 is 0 Å². The van der Waals surface area contributed by atoms with Gasteiger partial charge in [0.05, 0.1) is 5.54 Å². The molecule has 13 heavy (non-hydrogen) atoms. The van der Waals surface area contributed by atoms with Crippen molar-refractivity contribution < 1.29 is 4.79 Å². The third-order valence-electron chi connectivity index (χ3n) is 2.18. The molecule has 2 heteroatoms. The predicted octanol–water partition coefficient (Wildman–Crippen LogP) is 2.55. The summed E-state index contributed by atoms with van der Waals surface area (Å²) in [5.74, 6) is 0.182. The summed E-state index contributed by atoms with van der Waals surface area (Å²) in [5.41, 5.74) is -0.367. The van der Waals surface area contributed by atoms with Crippen molar-refractivity contribution in [2.75, 3.05) is 7.05 Å². The second kappa shape index (κ2) is 7.99. The Labute approximate surface area is 82.4 Å². The van der Waals surface area contributed by atoms with Crippen molar-refractivity contribution in [3.63, 3.8) is 0 Å². The molecule has 0 spiro atoms. The van der Waals surface area contributed by atoms with Crippen LogP contribution in [0.1, 0.15) is 40.5 Å². The lowest BCUT2D eigenvalue weighted by Gasteiger charge is -2.25. The van der Waals surface area contributed by atoms with E-state index >= 15 is 0 Å². The molecule has 0 aliphatic heterocycles. The fourth-order valence-electron chi connectivity index (χ4n) is 0.868. The van der Waals surface area contributed by atoms with Crippen molar-refractivity contribution in [2.45, 2.75) is 46.1 Å². The molecule has 1 atom stereocenters. The van der Waals surface area contributed by atoms with Crippen LogP contribution in [0, 0.1) is 0 Å². The summed E-state index contributed by atoms with van der Waals surface area (Å²) in [6.45, 7) is 11.1. The second-order valence-corrected chi connectivity index (χ2v) is 2.97. The van der Waals surface area contributed by atoms with Crippen molar-refractivity contribution in [3.8, 4) is 0 Å². The van der Waals surface area contributed by atoms with Crippen LogP contribution in [0.2, 0.25) is 0 Å². The fourth-order valence-corrected chi connectivity index (χ4v) is 0.868. The maximum absolute atomic E-state index is 11.1. The van der Waals surface area contributed by atoms with Crippen LogP contribution in [0.3, 0.4) is 0 Å². The van der Waals surface area contributed by atoms with Crippen molar-refractivity contribution in [1.29, 1.82) is 0 Å². The quantitative estimate of drug-likeness (QED) is 0.667. The first-order valence-electron chi connectivity index (χ1n) is 4.87. The maximum Gasteiger partial charge on any atom is 0.149 e. The number of carbonyl (C=O) groups is 1. The van der Waals surface area contributed by atoms with Gasteiger partial charge in [-0.2, -0.15) is 0 Å². The van der Waals surface area contributed by atoms with Gasteiger partial charge in [-0.1, -0.05) is 19.9 Å². The minimum absolute atomic E-state index is 0.182. The van der Waals surface area contributed by atoms with Crippen molar-refractivity contribution in [1.82, 2.24) is 5.32 Å². The average molecular weight is 185 g/mol. The number of ketones is 1. The second-order valence-electron chi connectivity index (χ2n) is 2.97. The van der Waals surface area contributed by atoms with E-state index in [-0.39, 0.29) is 11.3 Å². The molecule has 0 amide bonds. The van der Waals surface area contributed by atoms with E-state index in [0.717, 1.165) is 12.8 Å². The third-order valence-corrected chi connectivity index (χ3v) is 2.18. The van der Waals surface area contributed by atoms with Gasteiger partial charge in [0, 0.05) is 0 Å². The van der Waals surface area contributed by atoms with Crippen LogP contribution in [-0.4, -0.2) is 18.4 Å². The monoisotopic (exact) mass is 185 g/mol. The summed E-state index contributed by atoms with van der Waals surface area (Å²) < 4.78 is 0. The molecule has 0 saturated heterocycles. The van der Waals surface area contributed by atoms with E-state index in [2.05, 4.69) is 11.9 Å². The molecule has 0 heterocycles. The molecule has 0 radical (unpaired) electrons. The molecule has 78 valence electrons. The molecule has 2 nitrogen and oxygen atoms in total. The summed E-state index contributed by atoms with van der Waals surface area (Å²) in [7, 11) is 1.81. The Morgan fingerprint density at radius 1 is 1.54 bits per heavy atom. The Morgan fingerprint density at radius 2 is 2.00 bits per heavy atom. The van der Waals surface area contributed by atoms with Gasteiger partial charge in [-0.15, -0.1) is 6.58 Å².